The predicted octanol–water partition coefficient (Wildman–Crippen LogP) is 12.0. The fraction of sp³-hybridized carbons (Fsp3) is 0.127. The average molecular weight is 771 g/mol. The Labute approximate surface area is 346 Å². The summed E-state index contributed by atoms with van der Waals surface area (Å²) in [7, 11) is 0. The quantitative estimate of drug-likeness (QED) is 0.145. The maximum absolute atomic E-state index is 13.7. The Morgan fingerprint density at radius 3 is 0.695 bits per heavy atom. The highest BCUT2D eigenvalue weighted by Crippen LogP contribution is 2.51. The highest BCUT2D eigenvalue weighted by atomic mass is 16.8. The van der Waals surface area contributed by atoms with Gasteiger partial charge in [-0.2, -0.15) is 0 Å². The fourth-order valence-corrected chi connectivity index (χ4v) is 8.55. The molecule has 0 aliphatic carbocycles. The topological polar surface area (TPSA) is 58.9 Å². The highest BCUT2D eigenvalue weighted by molar-refractivity contribution is 5.68. The van der Waals surface area contributed by atoms with Crippen LogP contribution in [0.5, 0.6) is 0 Å². The Bertz CT molecular complexity index is 2250. The number of hydrogen-bond donors (Lipinski definition) is 2. The molecule has 0 radical (unpaired) electrons. The molecule has 0 aromatic heterocycles. The van der Waals surface area contributed by atoms with Crippen molar-refractivity contribution in [3.05, 3.63) is 241 Å². The van der Waals surface area contributed by atoms with Crippen LogP contribution in [0.25, 0.3) is 44.5 Å². The molecule has 8 aromatic rings. The first-order valence-electron chi connectivity index (χ1n) is 20.2. The zero-order chi connectivity index (χ0) is 40.5. The Balaban J connectivity index is 1.21. The van der Waals surface area contributed by atoms with Gasteiger partial charge in [0.15, 0.2) is 5.79 Å². The molecule has 2 atom stereocenters. The van der Waals surface area contributed by atoms with Crippen LogP contribution >= 0.6 is 0 Å². The Morgan fingerprint density at radius 1 is 0.305 bits per heavy atom. The summed E-state index contributed by atoms with van der Waals surface area (Å²) in [5.74, 6) is -1.18. The second-order valence-electron chi connectivity index (χ2n) is 15.8. The van der Waals surface area contributed by atoms with Gasteiger partial charge in [0.05, 0.1) is 0 Å². The summed E-state index contributed by atoms with van der Waals surface area (Å²) in [5.41, 5.74) is 7.24. The number of rotatable bonds is 10. The number of hydrogen-bond acceptors (Lipinski definition) is 4. The third-order valence-corrected chi connectivity index (χ3v) is 11.6. The van der Waals surface area contributed by atoms with Gasteiger partial charge in [0, 0.05) is 0 Å². The van der Waals surface area contributed by atoms with E-state index in [0.29, 0.717) is 22.3 Å². The van der Waals surface area contributed by atoms with E-state index in [-0.39, 0.29) is 0 Å². The van der Waals surface area contributed by atoms with Crippen LogP contribution in [0.1, 0.15) is 36.1 Å². The second-order valence-corrected chi connectivity index (χ2v) is 15.8. The minimum absolute atomic E-state index is 0.613. The minimum atomic E-state index is -1.79. The lowest BCUT2D eigenvalue weighted by atomic mass is 9.71. The molecule has 0 bridgehead atoms. The van der Waals surface area contributed by atoms with E-state index in [9.17, 15) is 10.2 Å². The van der Waals surface area contributed by atoms with Crippen molar-refractivity contribution in [2.24, 2.45) is 0 Å². The van der Waals surface area contributed by atoms with Crippen LogP contribution in [-0.2, 0) is 20.7 Å². The molecular weight excluding hydrogens is 725 g/mol. The smallest absolute Gasteiger partial charge is 0.164 e. The maximum Gasteiger partial charge on any atom is 0.164 e. The van der Waals surface area contributed by atoms with Gasteiger partial charge in [-0.3, -0.25) is 0 Å². The predicted molar refractivity (Wildman–Crippen MR) is 237 cm³/mol. The zero-order valence-corrected chi connectivity index (χ0v) is 33.2. The first-order valence-corrected chi connectivity index (χ1v) is 20.2. The molecule has 2 N–H and O–H groups in total. The van der Waals surface area contributed by atoms with E-state index >= 15 is 0 Å². The van der Waals surface area contributed by atoms with E-state index < -0.39 is 29.2 Å². The molecule has 59 heavy (non-hydrogen) atoms. The summed E-state index contributed by atoms with van der Waals surface area (Å²) in [5, 5.41) is 27.4. The Morgan fingerprint density at radius 2 is 0.492 bits per heavy atom. The normalized spacial score (nSPS) is 16.5. The van der Waals surface area contributed by atoms with Crippen LogP contribution in [0, 0.1) is 0 Å². The number of ether oxygens (including phenoxy) is 2. The summed E-state index contributed by atoms with van der Waals surface area (Å²) in [6, 6.07) is 72.6. The van der Waals surface area contributed by atoms with Gasteiger partial charge in [-0.05, 0) is 80.6 Å². The highest BCUT2D eigenvalue weighted by Gasteiger charge is 2.61. The lowest BCUT2D eigenvalue weighted by Crippen LogP contribution is -2.55. The van der Waals surface area contributed by atoms with E-state index in [0.717, 1.165) is 44.5 Å². The van der Waals surface area contributed by atoms with Crippen molar-refractivity contribution < 1.29 is 19.7 Å². The molecular formula is C55H46O4. The molecule has 1 unspecified atom stereocenters. The SMILES string of the molecule is CC1(C)OC(C(O)(c2ccc(-c3ccccc3)cc2)c2ccc(-c3ccccc3)cc2)[C@H](C(O)(c2ccc(-c3ccccc3)cc2)c2ccc(-c3ccccc3)cc2)O1. The van der Waals surface area contributed by atoms with Crippen molar-refractivity contribution in [3.8, 4) is 44.5 Å². The first kappa shape index (κ1) is 38.1. The van der Waals surface area contributed by atoms with Gasteiger partial charge in [0.2, 0.25) is 0 Å². The molecule has 4 heteroatoms. The Hall–Kier alpha value is -6.40. The molecule has 290 valence electrons. The summed E-state index contributed by atoms with van der Waals surface area (Å²) < 4.78 is 13.8. The lowest BCUT2D eigenvalue weighted by Gasteiger charge is -2.42. The van der Waals surface area contributed by atoms with Crippen molar-refractivity contribution in [3.63, 3.8) is 0 Å². The van der Waals surface area contributed by atoms with Gasteiger partial charge in [-0.1, -0.05) is 218 Å². The van der Waals surface area contributed by atoms with Crippen LogP contribution in [0.3, 0.4) is 0 Å². The van der Waals surface area contributed by atoms with Crippen LogP contribution < -0.4 is 0 Å². The molecule has 0 saturated carbocycles. The second kappa shape index (κ2) is 15.7. The van der Waals surface area contributed by atoms with Gasteiger partial charge in [0.25, 0.3) is 0 Å². The van der Waals surface area contributed by atoms with Crippen molar-refractivity contribution in [1.29, 1.82) is 0 Å². The van der Waals surface area contributed by atoms with Crippen molar-refractivity contribution in [1.82, 2.24) is 0 Å². The van der Waals surface area contributed by atoms with Crippen LogP contribution in [0.2, 0.25) is 0 Å². The molecule has 1 aliphatic rings. The molecule has 1 aliphatic heterocycles. The molecule has 1 fully saturated rings. The van der Waals surface area contributed by atoms with Crippen LogP contribution in [0.15, 0.2) is 218 Å². The number of benzene rings is 8. The standard InChI is InChI=1S/C55H46O4/c1-53(2)58-51(54(56,47-31-23-43(24-32-47)39-15-7-3-8-16-39)48-33-25-44(26-34-48)40-17-9-4-10-18-40)52(59-53)55(57,49-35-27-45(28-36-49)41-19-11-5-12-20-41)50-37-29-46(30-38-50)42-21-13-6-14-22-42/h3-38,51-52,56-57H,1-2H3/t51-,52?/m1/s1. The largest absolute Gasteiger partial charge is 0.378 e. The van der Waals surface area contributed by atoms with Gasteiger partial charge in [-0.15, -0.1) is 0 Å². The molecule has 0 spiro atoms. The fourth-order valence-electron chi connectivity index (χ4n) is 8.55. The number of aliphatic hydroxyl groups is 2. The van der Waals surface area contributed by atoms with Crippen molar-refractivity contribution >= 4 is 0 Å². The molecule has 9 rings (SSSR count). The zero-order valence-electron chi connectivity index (χ0n) is 33.2. The summed E-state index contributed by atoms with van der Waals surface area (Å²) in [4.78, 5) is 0. The van der Waals surface area contributed by atoms with Gasteiger partial charge < -0.3 is 19.7 Å². The van der Waals surface area contributed by atoms with Crippen LogP contribution in [-0.4, -0.2) is 28.2 Å². The maximum atomic E-state index is 13.7. The van der Waals surface area contributed by atoms with E-state index in [1.54, 1.807) is 0 Å². The third-order valence-electron chi connectivity index (χ3n) is 11.6. The molecule has 8 aromatic carbocycles. The molecule has 0 amide bonds. The van der Waals surface area contributed by atoms with E-state index in [1.165, 1.54) is 0 Å². The van der Waals surface area contributed by atoms with E-state index in [4.69, 9.17) is 9.47 Å². The minimum Gasteiger partial charge on any atom is -0.378 e. The third kappa shape index (κ3) is 7.33. The van der Waals surface area contributed by atoms with Crippen molar-refractivity contribution in [2.75, 3.05) is 0 Å². The Kier molecular flexibility index (Phi) is 10.2. The lowest BCUT2D eigenvalue weighted by molar-refractivity contribution is -0.172. The van der Waals surface area contributed by atoms with E-state index in [1.807, 2.05) is 184 Å². The van der Waals surface area contributed by atoms with E-state index in [2.05, 4.69) is 48.5 Å². The van der Waals surface area contributed by atoms with Gasteiger partial charge in [0.1, 0.15) is 23.4 Å². The van der Waals surface area contributed by atoms with Crippen molar-refractivity contribution in [2.45, 2.75) is 43.0 Å². The van der Waals surface area contributed by atoms with Crippen LogP contribution in [0.4, 0.5) is 0 Å². The molecule has 1 heterocycles. The summed E-state index contributed by atoms with van der Waals surface area (Å²) >= 11 is 0. The van der Waals surface area contributed by atoms with Gasteiger partial charge in [-0.25, -0.2) is 0 Å². The summed E-state index contributed by atoms with van der Waals surface area (Å²) in [6.07, 6.45) is -2.18. The monoisotopic (exact) mass is 770 g/mol. The molecule has 4 nitrogen and oxygen atoms in total. The average Bonchev–Trinajstić information content (AvgIpc) is 3.66. The van der Waals surface area contributed by atoms with Gasteiger partial charge >= 0.3 is 0 Å². The summed E-state index contributed by atoms with van der Waals surface area (Å²) in [6.45, 7) is 3.68. The molecule has 1 saturated heterocycles. The first-order chi connectivity index (χ1) is 28.7.